The van der Waals surface area contributed by atoms with Crippen molar-refractivity contribution >= 4 is 17.9 Å². The number of rotatable bonds is 53. The van der Waals surface area contributed by atoms with Crippen LogP contribution in [0.25, 0.3) is 0 Å². The molecule has 0 heterocycles. The quantitative estimate of drug-likeness (QED) is 0.0261. The monoisotopic (exact) mass is 1050 g/mol. The highest BCUT2D eigenvalue weighted by Gasteiger charge is 2.19. The highest BCUT2D eigenvalue weighted by molar-refractivity contribution is 5.71. The van der Waals surface area contributed by atoms with E-state index >= 15 is 0 Å². The van der Waals surface area contributed by atoms with Gasteiger partial charge < -0.3 is 14.2 Å². The van der Waals surface area contributed by atoms with Crippen molar-refractivity contribution in [1.29, 1.82) is 0 Å². The number of carbonyl (C=O) groups excluding carboxylic acids is 3. The molecule has 0 aromatic heterocycles. The van der Waals surface area contributed by atoms with Crippen molar-refractivity contribution in [2.24, 2.45) is 0 Å². The third kappa shape index (κ3) is 59.9. The van der Waals surface area contributed by atoms with E-state index in [-0.39, 0.29) is 31.6 Å². The number of esters is 3. The van der Waals surface area contributed by atoms with Gasteiger partial charge in [0, 0.05) is 19.3 Å². The van der Waals surface area contributed by atoms with Crippen molar-refractivity contribution in [3.63, 3.8) is 0 Å². The highest BCUT2D eigenvalue weighted by Crippen LogP contribution is 2.14. The van der Waals surface area contributed by atoms with E-state index < -0.39 is 12.1 Å². The maximum absolute atomic E-state index is 12.8. The van der Waals surface area contributed by atoms with Gasteiger partial charge in [0.15, 0.2) is 6.10 Å². The molecule has 1 unspecified atom stereocenters. The molecule has 0 aromatic rings. The Morgan fingerprint density at radius 2 is 0.539 bits per heavy atom. The van der Waals surface area contributed by atoms with Crippen molar-refractivity contribution in [3.05, 3.63) is 158 Å². The molecule has 6 nitrogen and oxygen atoms in total. The lowest BCUT2D eigenvalue weighted by Gasteiger charge is -2.18. The van der Waals surface area contributed by atoms with Crippen LogP contribution in [0.1, 0.15) is 245 Å². The van der Waals surface area contributed by atoms with Crippen LogP contribution < -0.4 is 0 Å². The standard InChI is InChI=1S/C70H110O6/c1-4-7-10-13-16-19-22-24-26-28-30-31-32-33-34-35-36-37-38-39-41-42-44-46-48-51-54-57-60-63-69(72)75-66-67(65-74-68(71)62-59-56-53-50-21-18-15-12-9-6-3)76-70(73)64-61-58-55-52-49-47-45-43-40-29-27-25-23-20-17-14-11-8-5-2/h7-8,10-12,15-17,19-20,24-27,30-31,33-34,36-37,40,43,47,49,55,58,67H,4-6,9,13-14,18,21-23,28-29,32,35,38-39,41-42,44-46,48,50-54,56-57,59-66H2,1-3H3/b10-7-,11-8-,15-12-,19-16-,20-17-,26-24-,27-25-,31-30-,34-33-,37-36-,43-40-,49-47-,58-55-. The predicted octanol–water partition coefficient (Wildman–Crippen LogP) is 20.9. The summed E-state index contributed by atoms with van der Waals surface area (Å²) < 4.78 is 16.8. The molecule has 0 spiro atoms. The van der Waals surface area contributed by atoms with E-state index in [9.17, 15) is 14.4 Å². The predicted molar refractivity (Wildman–Crippen MR) is 329 cm³/mol. The minimum Gasteiger partial charge on any atom is -0.462 e. The van der Waals surface area contributed by atoms with Crippen LogP contribution in [0.4, 0.5) is 0 Å². The number of hydrogen-bond acceptors (Lipinski definition) is 6. The molecule has 6 heteroatoms. The summed E-state index contributed by atoms with van der Waals surface area (Å²) in [7, 11) is 0. The zero-order valence-corrected chi connectivity index (χ0v) is 48.7. The van der Waals surface area contributed by atoms with Crippen LogP contribution in [0, 0.1) is 0 Å². The number of unbranched alkanes of at least 4 members (excludes halogenated alkanes) is 16. The number of ether oxygens (including phenoxy) is 3. The van der Waals surface area contributed by atoms with E-state index in [1.807, 2.05) is 12.2 Å². The van der Waals surface area contributed by atoms with Crippen LogP contribution in [0.5, 0.6) is 0 Å². The molecule has 1 atom stereocenters. The van der Waals surface area contributed by atoms with Crippen molar-refractivity contribution in [1.82, 2.24) is 0 Å². The Morgan fingerprint density at radius 3 is 0.868 bits per heavy atom. The SMILES string of the molecule is CC/C=C\C/C=C\C/C=C\C/C=C\C/C=C\C/C=C\CCCCCCCCCCCCC(=O)OCC(COC(=O)CCCCCCC/C=C\CCC)OC(=O)CC/C=C\C/C=C\C/C=C\C/C=C\C/C=C\C/C=C\CC. The largest absolute Gasteiger partial charge is 0.462 e. The summed E-state index contributed by atoms with van der Waals surface area (Å²) in [6, 6.07) is 0. The second kappa shape index (κ2) is 62.6. The molecule has 0 saturated carbocycles. The molecule has 0 aliphatic carbocycles. The number of hydrogen-bond donors (Lipinski definition) is 0. The Kier molecular flexibility index (Phi) is 58.5. The van der Waals surface area contributed by atoms with Crippen molar-refractivity contribution in [2.75, 3.05) is 13.2 Å². The van der Waals surface area contributed by atoms with Gasteiger partial charge in [0.2, 0.25) is 0 Å². The van der Waals surface area contributed by atoms with Gasteiger partial charge in [-0.25, -0.2) is 0 Å². The summed E-state index contributed by atoms with van der Waals surface area (Å²) >= 11 is 0. The molecule has 76 heavy (non-hydrogen) atoms. The summed E-state index contributed by atoms with van der Waals surface area (Å²) in [5, 5.41) is 0. The maximum atomic E-state index is 12.8. The van der Waals surface area contributed by atoms with Gasteiger partial charge in [0.25, 0.3) is 0 Å². The van der Waals surface area contributed by atoms with Gasteiger partial charge in [0.05, 0.1) is 0 Å². The Labute approximate surface area is 467 Å². The van der Waals surface area contributed by atoms with Crippen molar-refractivity contribution in [3.8, 4) is 0 Å². The van der Waals surface area contributed by atoms with E-state index in [1.54, 1.807) is 0 Å². The van der Waals surface area contributed by atoms with E-state index in [1.165, 1.54) is 57.8 Å². The molecule has 0 rings (SSSR count). The van der Waals surface area contributed by atoms with E-state index in [4.69, 9.17) is 14.2 Å². The Bertz CT molecular complexity index is 1720. The lowest BCUT2D eigenvalue weighted by molar-refractivity contribution is -0.166. The van der Waals surface area contributed by atoms with Crippen LogP contribution in [0.2, 0.25) is 0 Å². The lowest BCUT2D eigenvalue weighted by atomic mass is 10.1. The molecule has 0 bridgehead atoms. The molecular weight excluding hydrogens is 937 g/mol. The zero-order valence-electron chi connectivity index (χ0n) is 48.7. The van der Waals surface area contributed by atoms with Crippen molar-refractivity contribution in [2.45, 2.75) is 252 Å². The van der Waals surface area contributed by atoms with Crippen molar-refractivity contribution < 1.29 is 28.6 Å². The minimum atomic E-state index is -0.830. The molecular formula is C70H110O6. The molecule has 426 valence electrons. The third-order valence-electron chi connectivity index (χ3n) is 12.2. The normalized spacial score (nSPS) is 13.2. The van der Waals surface area contributed by atoms with Gasteiger partial charge in [-0.15, -0.1) is 0 Å². The van der Waals surface area contributed by atoms with Crippen LogP contribution >= 0.6 is 0 Å². The fourth-order valence-electron chi connectivity index (χ4n) is 7.77. The van der Waals surface area contributed by atoms with Crippen LogP contribution in [0.3, 0.4) is 0 Å². The summed E-state index contributed by atoms with van der Waals surface area (Å²) in [5.41, 5.74) is 0. The zero-order chi connectivity index (χ0) is 55.0. The van der Waals surface area contributed by atoms with Gasteiger partial charge in [-0.2, -0.15) is 0 Å². The first-order valence-electron chi connectivity index (χ1n) is 30.5. The van der Waals surface area contributed by atoms with Gasteiger partial charge >= 0.3 is 17.9 Å². The first kappa shape index (κ1) is 71.0. The van der Waals surface area contributed by atoms with Gasteiger partial charge in [-0.05, 0) is 128 Å². The first-order chi connectivity index (χ1) is 37.5. The third-order valence-corrected chi connectivity index (χ3v) is 12.2. The maximum Gasteiger partial charge on any atom is 0.306 e. The Balaban J connectivity index is 4.36. The average molecular weight is 1050 g/mol. The molecule has 0 aromatic carbocycles. The molecule has 0 fully saturated rings. The summed E-state index contributed by atoms with van der Waals surface area (Å²) in [6.45, 7) is 6.26. The average Bonchev–Trinajstić information content (AvgIpc) is 3.42. The van der Waals surface area contributed by atoms with Gasteiger partial charge in [0.1, 0.15) is 13.2 Å². The van der Waals surface area contributed by atoms with Crippen LogP contribution in [-0.4, -0.2) is 37.2 Å². The number of carbonyl (C=O) groups is 3. The summed E-state index contributed by atoms with van der Waals surface area (Å²) in [6.07, 6.45) is 91.2. The highest BCUT2D eigenvalue weighted by atomic mass is 16.6. The Hall–Kier alpha value is -4.97. The van der Waals surface area contributed by atoms with Crippen LogP contribution in [0.15, 0.2) is 158 Å². The lowest BCUT2D eigenvalue weighted by Crippen LogP contribution is -2.30. The molecule has 0 N–H and O–H groups in total. The van der Waals surface area contributed by atoms with E-state index in [0.29, 0.717) is 19.3 Å². The summed E-state index contributed by atoms with van der Waals surface area (Å²) in [5.74, 6) is -1.03. The first-order valence-corrected chi connectivity index (χ1v) is 30.5. The second-order valence-corrected chi connectivity index (χ2v) is 19.5. The molecule has 0 saturated heterocycles. The smallest absolute Gasteiger partial charge is 0.306 e. The number of allylic oxidation sites excluding steroid dienone is 26. The minimum absolute atomic E-state index is 0.119. The van der Waals surface area contributed by atoms with E-state index in [0.717, 1.165) is 141 Å². The van der Waals surface area contributed by atoms with Gasteiger partial charge in [-0.1, -0.05) is 256 Å². The van der Waals surface area contributed by atoms with Gasteiger partial charge in [-0.3, -0.25) is 14.4 Å². The van der Waals surface area contributed by atoms with Crippen LogP contribution in [-0.2, 0) is 28.6 Å². The Morgan fingerprint density at radius 1 is 0.276 bits per heavy atom. The fraction of sp³-hybridized carbons (Fsp3) is 0.586. The molecule has 0 aliphatic heterocycles. The van der Waals surface area contributed by atoms with E-state index in [2.05, 4.69) is 167 Å². The summed E-state index contributed by atoms with van der Waals surface area (Å²) in [4.78, 5) is 38.1. The molecule has 0 amide bonds. The topological polar surface area (TPSA) is 78.9 Å². The second-order valence-electron chi connectivity index (χ2n) is 19.5. The fourth-order valence-corrected chi connectivity index (χ4v) is 7.77. The molecule has 0 radical (unpaired) electrons. The molecule has 0 aliphatic rings.